The van der Waals surface area contributed by atoms with Gasteiger partial charge in [0.25, 0.3) is 5.91 Å². The number of halogens is 1. The molecule has 0 saturated heterocycles. The third kappa shape index (κ3) is 4.92. The van der Waals surface area contributed by atoms with E-state index in [0.29, 0.717) is 27.8 Å². The van der Waals surface area contributed by atoms with Gasteiger partial charge in [-0.05, 0) is 48.9 Å². The molecule has 3 rings (SSSR count). The van der Waals surface area contributed by atoms with Crippen LogP contribution in [0.25, 0.3) is 0 Å². The number of nitrogens with zero attached hydrogens (tertiary/aromatic N) is 1. The van der Waals surface area contributed by atoms with Crippen LogP contribution < -0.4 is 15.4 Å². The molecule has 0 atom stereocenters. The Hall–Kier alpha value is -3.26. The van der Waals surface area contributed by atoms with Crippen molar-refractivity contribution in [1.29, 1.82) is 0 Å². The highest BCUT2D eigenvalue weighted by Crippen LogP contribution is 2.25. The third-order valence-corrected chi connectivity index (χ3v) is 4.66. The summed E-state index contributed by atoms with van der Waals surface area (Å²) in [6.07, 6.45) is 0.0556. The van der Waals surface area contributed by atoms with Crippen molar-refractivity contribution in [3.63, 3.8) is 0 Å². The van der Waals surface area contributed by atoms with Crippen LogP contribution in [0.5, 0.6) is 5.75 Å². The number of hydrogen-bond donors (Lipinski definition) is 2. The van der Waals surface area contributed by atoms with Crippen molar-refractivity contribution in [3.8, 4) is 5.75 Å². The summed E-state index contributed by atoms with van der Waals surface area (Å²) < 4.78 is 18.2. The zero-order chi connectivity index (χ0) is 20.1. The summed E-state index contributed by atoms with van der Waals surface area (Å²) in [5.41, 5.74) is 2.44. The molecule has 3 aromatic rings. The van der Waals surface area contributed by atoms with Crippen LogP contribution in [-0.2, 0) is 11.2 Å². The first-order chi connectivity index (χ1) is 13.4. The summed E-state index contributed by atoms with van der Waals surface area (Å²) in [6, 6.07) is 10.7. The van der Waals surface area contributed by atoms with Crippen LogP contribution >= 0.6 is 11.3 Å². The van der Waals surface area contributed by atoms with Crippen molar-refractivity contribution in [2.24, 2.45) is 0 Å². The number of amides is 2. The van der Waals surface area contributed by atoms with E-state index in [0.717, 1.165) is 5.56 Å². The summed E-state index contributed by atoms with van der Waals surface area (Å²) in [5, 5.41) is 7.52. The lowest BCUT2D eigenvalue weighted by Gasteiger charge is -2.10. The molecule has 2 amide bonds. The molecule has 0 saturated carbocycles. The van der Waals surface area contributed by atoms with Gasteiger partial charge >= 0.3 is 0 Å². The summed E-state index contributed by atoms with van der Waals surface area (Å²) in [7, 11) is 1.54. The normalized spacial score (nSPS) is 10.4. The number of ether oxygens (including phenoxy) is 1. The Morgan fingerprint density at radius 2 is 1.89 bits per heavy atom. The number of thiazole rings is 1. The maximum absolute atomic E-state index is 12.9. The van der Waals surface area contributed by atoms with Crippen LogP contribution in [0.4, 0.5) is 15.2 Å². The molecule has 0 bridgehead atoms. The quantitative estimate of drug-likeness (QED) is 0.656. The molecule has 28 heavy (non-hydrogen) atoms. The van der Waals surface area contributed by atoms with Gasteiger partial charge in [0, 0.05) is 10.9 Å². The molecule has 0 unspecified atom stereocenters. The fourth-order valence-electron chi connectivity index (χ4n) is 2.49. The van der Waals surface area contributed by atoms with Gasteiger partial charge in [0.05, 0.1) is 24.9 Å². The Morgan fingerprint density at radius 1 is 1.14 bits per heavy atom. The first-order valence-corrected chi connectivity index (χ1v) is 9.28. The van der Waals surface area contributed by atoms with E-state index >= 15 is 0 Å². The monoisotopic (exact) mass is 399 g/mol. The molecule has 0 aliphatic rings. The van der Waals surface area contributed by atoms with E-state index in [1.165, 1.54) is 42.7 Å². The highest BCUT2D eigenvalue weighted by Gasteiger charge is 2.13. The molecule has 0 aliphatic carbocycles. The van der Waals surface area contributed by atoms with Crippen molar-refractivity contribution in [3.05, 3.63) is 70.5 Å². The standard InChI is InChI=1S/C20H18FN3O3S/c1-12-3-8-17(27-2)16(9-12)23-18(25)10-15-11-28-20(22-15)24-19(26)13-4-6-14(21)7-5-13/h3-9,11H,10H2,1-2H3,(H,23,25)(H,22,24,26). The van der Waals surface area contributed by atoms with Crippen molar-refractivity contribution in [2.75, 3.05) is 17.7 Å². The molecule has 0 spiro atoms. The second kappa shape index (κ2) is 8.62. The van der Waals surface area contributed by atoms with Crippen LogP contribution in [0.2, 0.25) is 0 Å². The molecule has 8 heteroatoms. The van der Waals surface area contributed by atoms with Crippen molar-refractivity contribution in [1.82, 2.24) is 4.98 Å². The number of aromatic nitrogens is 1. The number of aryl methyl sites for hydroxylation is 1. The van der Waals surface area contributed by atoms with Crippen LogP contribution in [0.15, 0.2) is 47.8 Å². The molecule has 6 nitrogen and oxygen atoms in total. The largest absolute Gasteiger partial charge is 0.495 e. The second-order valence-electron chi connectivity index (χ2n) is 6.03. The Kier molecular flexibility index (Phi) is 6.00. The molecule has 0 fully saturated rings. The first kappa shape index (κ1) is 19.5. The molecular weight excluding hydrogens is 381 g/mol. The van der Waals surface area contributed by atoms with Gasteiger partial charge in [-0.1, -0.05) is 6.07 Å². The summed E-state index contributed by atoms with van der Waals surface area (Å²) in [4.78, 5) is 28.7. The molecule has 144 valence electrons. The molecule has 0 aliphatic heterocycles. The zero-order valence-electron chi connectivity index (χ0n) is 15.3. The van der Waals surface area contributed by atoms with Gasteiger partial charge in [0.15, 0.2) is 5.13 Å². The topological polar surface area (TPSA) is 80.3 Å². The van der Waals surface area contributed by atoms with Gasteiger partial charge in [0.1, 0.15) is 11.6 Å². The van der Waals surface area contributed by atoms with E-state index in [2.05, 4.69) is 15.6 Å². The molecule has 2 aromatic carbocycles. The number of nitrogens with one attached hydrogen (secondary N) is 2. The van der Waals surface area contributed by atoms with Crippen molar-refractivity contribution in [2.45, 2.75) is 13.3 Å². The highest BCUT2D eigenvalue weighted by molar-refractivity contribution is 7.14. The van der Waals surface area contributed by atoms with E-state index in [1.807, 2.05) is 19.1 Å². The molecular formula is C20H18FN3O3S. The predicted molar refractivity (Wildman–Crippen MR) is 107 cm³/mol. The number of hydrogen-bond acceptors (Lipinski definition) is 5. The summed E-state index contributed by atoms with van der Waals surface area (Å²) >= 11 is 1.21. The minimum Gasteiger partial charge on any atom is -0.495 e. The smallest absolute Gasteiger partial charge is 0.257 e. The predicted octanol–water partition coefficient (Wildman–Crippen LogP) is 4.03. The fourth-order valence-corrected chi connectivity index (χ4v) is 3.20. The average Bonchev–Trinajstić information content (AvgIpc) is 3.09. The summed E-state index contributed by atoms with van der Waals surface area (Å²) in [6.45, 7) is 1.92. The van der Waals surface area contributed by atoms with Crippen LogP contribution in [-0.4, -0.2) is 23.9 Å². The van der Waals surface area contributed by atoms with Crippen LogP contribution in [0, 0.1) is 12.7 Å². The highest BCUT2D eigenvalue weighted by atomic mass is 32.1. The lowest BCUT2D eigenvalue weighted by Crippen LogP contribution is -2.16. The second-order valence-corrected chi connectivity index (χ2v) is 6.89. The Bertz CT molecular complexity index is 1000. The van der Waals surface area contributed by atoms with Crippen molar-refractivity contribution >= 4 is 34.0 Å². The van der Waals surface area contributed by atoms with E-state index in [1.54, 1.807) is 11.4 Å². The van der Waals surface area contributed by atoms with Crippen LogP contribution in [0.3, 0.4) is 0 Å². The Labute approximate surface area is 165 Å². The van der Waals surface area contributed by atoms with E-state index in [-0.39, 0.29) is 12.3 Å². The maximum Gasteiger partial charge on any atom is 0.257 e. The summed E-state index contributed by atoms with van der Waals surface area (Å²) in [5.74, 6) is -0.478. The molecule has 0 radical (unpaired) electrons. The van der Waals surface area contributed by atoms with Gasteiger partial charge < -0.3 is 10.1 Å². The number of carbonyl (C=O) groups is 2. The SMILES string of the molecule is COc1ccc(C)cc1NC(=O)Cc1csc(NC(=O)c2ccc(F)cc2)n1. The zero-order valence-corrected chi connectivity index (χ0v) is 16.1. The van der Waals surface area contributed by atoms with Crippen LogP contribution in [0.1, 0.15) is 21.6 Å². The number of carbonyl (C=O) groups excluding carboxylic acids is 2. The fraction of sp³-hybridized carbons (Fsp3) is 0.150. The average molecular weight is 399 g/mol. The van der Waals surface area contributed by atoms with Gasteiger partial charge in [-0.2, -0.15) is 0 Å². The minimum absolute atomic E-state index is 0.0556. The Balaban J connectivity index is 1.61. The Morgan fingerprint density at radius 3 is 2.61 bits per heavy atom. The first-order valence-electron chi connectivity index (χ1n) is 8.40. The maximum atomic E-state index is 12.9. The van der Waals surface area contributed by atoms with E-state index in [9.17, 15) is 14.0 Å². The number of methoxy groups -OCH3 is 1. The molecule has 2 N–H and O–H groups in total. The molecule has 1 heterocycles. The van der Waals surface area contributed by atoms with Gasteiger partial charge in [0.2, 0.25) is 5.91 Å². The minimum atomic E-state index is -0.413. The van der Waals surface area contributed by atoms with Gasteiger partial charge in [-0.15, -0.1) is 11.3 Å². The van der Waals surface area contributed by atoms with E-state index in [4.69, 9.17) is 4.74 Å². The van der Waals surface area contributed by atoms with E-state index < -0.39 is 11.7 Å². The van der Waals surface area contributed by atoms with Crippen molar-refractivity contribution < 1.29 is 18.7 Å². The van der Waals surface area contributed by atoms with Gasteiger partial charge in [-0.3, -0.25) is 14.9 Å². The van der Waals surface area contributed by atoms with Gasteiger partial charge in [-0.25, -0.2) is 9.37 Å². The number of anilines is 2. The third-order valence-electron chi connectivity index (χ3n) is 3.85. The lowest BCUT2D eigenvalue weighted by atomic mass is 10.2. The lowest BCUT2D eigenvalue weighted by molar-refractivity contribution is -0.115. The number of benzene rings is 2. The molecule has 1 aromatic heterocycles. The number of rotatable bonds is 6.